The van der Waals surface area contributed by atoms with Gasteiger partial charge in [-0.15, -0.1) is 0 Å². The summed E-state index contributed by atoms with van der Waals surface area (Å²) in [6.45, 7) is 0.207. The number of rotatable bonds is 8. The smallest absolute Gasteiger partial charge is 0.271 e. The number of nitriles is 1. The number of methoxy groups -OCH3 is 1. The molecule has 0 heterocycles. The second-order valence-electron chi connectivity index (χ2n) is 6.85. The Balaban J connectivity index is 1.83. The Morgan fingerprint density at radius 3 is 2.68 bits per heavy atom. The zero-order valence-corrected chi connectivity index (χ0v) is 20.1. The molecule has 0 aliphatic rings. The molecule has 0 unspecified atom stereocenters. The molecule has 0 fully saturated rings. The zero-order valence-electron chi connectivity index (χ0n) is 17.7. The molecular weight excluding hydrogens is 526 g/mol. The lowest BCUT2D eigenvalue weighted by Gasteiger charge is -2.14. The van der Waals surface area contributed by atoms with Crippen LogP contribution in [0.5, 0.6) is 11.5 Å². The van der Waals surface area contributed by atoms with E-state index in [0.717, 1.165) is 5.56 Å². The maximum absolute atomic E-state index is 12.6. The van der Waals surface area contributed by atoms with Crippen LogP contribution in [0, 0.1) is 21.4 Å². The van der Waals surface area contributed by atoms with Gasteiger partial charge in [0.05, 0.1) is 16.5 Å². The van der Waals surface area contributed by atoms with Gasteiger partial charge in [-0.1, -0.05) is 35.9 Å². The van der Waals surface area contributed by atoms with Crippen molar-refractivity contribution in [3.63, 3.8) is 0 Å². The Morgan fingerprint density at radius 2 is 2.00 bits per heavy atom. The molecule has 3 aromatic carbocycles. The van der Waals surface area contributed by atoms with E-state index in [2.05, 4.69) is 21.2 Å². The summed E-state index contributed by atoms with van der Waals surface area (Å²) in [6.07, 6.45) is 1.37. The first-order valence-electron chi connectivity index (χ1n) is 9.73. The van der Waals surface area contributed by atoms with Gasteiger partial charge >= 0.3 is 0 Å². The van der Waals surface area contributed by atoms with E-state index in [1.165, 1.54) is 37.5 Å². The maximum Gasteiger partial charge on any atom is 0.271 e. The fourth-order valence-corrected chi connectivity index (χ4v) is 3.70. The van der Waals surface area contributed by atoms with Gasteiger partial charge in [-0.25, -0.2) is 0 Å². The van der Waals surface area contributed by atoms with Crippen molar-refractivity contribution in [3.05, 3.63) is 97.0 Å². The number of benzene rings is 3. The van der Waals surface area contributed by atoms with Crippen LogP contribution in [0.3, 0.4) is 0 Å². The topological polar surface area (TPSA) is 114 Å². The maximum atomic E-state index is 12.6. The number of non-ortho nitro benzene ring substituents is 1. The van der Waals surface area contributed by atoms with Crippen LogP contribution in [-0.4, -0.2) is 17.9 Å². The number of ether oxygens (including phenoxy) is 2. The van der Waals surface area contributed by atoms with Gasteiger partial charge in [-0.3, -0.25) is 14.9 Å². The summed E-state index contributed by atoms with van der Waals surface area (Å²) in [6, 6.07) is 17.9. The summed E-state index contributed by atoms with van der Waals surface area (Å²) >= 11 is 9.62. The first-order valence-corrected chi connectivity index (χ1v) is 10.9. The third-order valence-electron chi connectivity index (χ3n) is 4.57. The van der Waals surface area contributed by atoms with E-state index in [-0.39, 0.29) is 23.6 Å². The lowest BCUT2D eigenvalue weighted by Crippen LogP contribution is -2.13. The number of amides is 1. The minimum absolute atomic E-state index is 0.179. The SMILES string of the molecule is COc1cc(/C=C(/C#N)C(=O)Nc2cccc([N+](=O)[O-])c2)cc(Br)c1OCc1ccccc1Cl. The van der Waals surface area contributed by atoms with E-state index in [1.807, 2.05) is 24.3 Å². The average molecular weight is 543 g/mol. The number of nitrogens with one attached hydrogen (secondary N) is 1. The molecule has 0 aromatic heterocycles. The van der Waals surface area contributed by atoms with Crippen LogP contribution in [0.4, 0.5) is 11.4 Å². The van der Waals surface area contributed by atoms with Gasteiger partial charge in [0, 0.05) is 28.4 Å². The van der Waals surface area contributed by atoms with Crippen molar-refractivity contribution in [2.75, 3.05) is 12.4 Å². The van der Waals surface area contributed by atoms with Crippen LogP contribution in [-0.2, 0) is 11.4 Å². The standard InChI is InChI=1S/C24H17BrClN3O5/c1-33-22-11-15(10-20(25)23(22)34-14-16-5-2-3-8-21(16)26)9-17(13-27)24(30)28-18-6-4-7-19(12-18)29(31)32/h2-12H,14H2,1H3,(H,28,30)/b17-9-. The molecule has 0 atom stereocenters. The predicted molar refractivity (Wildman–Crippen MR) is 132 cm³/mol. The normalized spacial score (nSPS) is 10.8. The Hall–Kier alpha value is -3.87. The van der Waals surface area contributed by atoms with Crippen molar-refractivity contribution in [1.82, 2.24) is 0 Å². The second kappa shape index (κ2) is 11.3. The fourth-order valence-electron chi connectivity index (χ4n) is 2.94. The summed E-state index contributed by atoms with van der Waals surface area (Å²) in [4.78, 5) is 22.9. The fraction of sp³-hybridized carbons (Fsp3) is 0.0833. The van der Waals surface area contributed by atoms with E-state index < -0.39 is 10.8 Å². The van der Waals surface area contributed by atoms with Gasteiger partial charge < -0.3 is 14.8 Å². The molecule has 10 heteroatoms. The van der Waals surface area contributed by atoms with Crippen molar-refractivity contribution in [1.29, 1.82) is 5.26 Å². The quantitative estimate of drug-likeness (QED) is 0.158. The Bertz CT molecular complexity index is 1320. The minimum atomic E-state index is -0.711. The Labute approximate surface area is 208 Å². The van der Waals surface area contributed by atoms with E-state index in [9.17, 15) is 20.2 Å². The van der Waals surface area contributed by atoms with E-state index in [0.29, 0.717) is 26.6 Å². The highest BCUT2D eigenvalue weighted by molar-refractivity contribution is 9.10. The molecule has 1 amide bonds. The first kappa shape index (κ1) is 24.8. The van der Waals surface area contributed by atoms with Gasteiger partial charge in [-0.2, -0.15) is 5.26 Å². The van der Waals surface area contributed by atoms with Crippen LogP contribution >= 0.6 is 27.5 Å². The summed E-state index contributed by atoms with van der Waals surface area (Å²) in [7, 11) is 1.47. The minimum Gasteiger partial charge on any atom is -0.493 e. The monoisotopic (exact) mass is 541 g/mol. The van der Waals surface area contributed by atoms with Crippen molar-refractivity contribution >= 4 is 50.9 Å². The van der Waals surface area contributed by atoms with Crippen LogP contribution < -0.4 is 14.8 Å². The number of nitro benzene ring substituents is 1. The molecule has 0 spiro atoms. The number of anilines is 1. The molecule has 0 aliphatic heterocycles. The van der Waals surface area contributed by atoms with Crippen LogP contribution in [0.25, 0.3) is 6.08 Å². The molecule has 0 aliphatic carbocycles. The number of carbonyl (C=O) groups is 1. The molecule has 34 heavy (non-hydrogen) atoms. The lowest BCUT2D eigenvalue weighted by molar-refractivity contribution is -0.384. The van der Waals surface area contributed by atoms with Gasteiger partial charge in [0.15, 0.2) is 11.5 Å². The number of nitrogens with zero attached hydrogens (tertiary/aromatic N) is 2. The molecule has 3 rings (SSSR count). The molecule has 8 nitrogen and oxygen atoms in total. The number of nitro groups is 1. The molecule has 1 N–H and O–H groups in total. The highest BCUT2D eigenvalue weighted by atomic mass is 79.9. The number of hydrogen-bond donors (Lipinski definition) is 1. The van der Waals surface area contributed by atoms with E-state index >= 15 is 0 Å². The van der Waals surface area contributed by atoms with Crippen molar-refractivity contribution in [2.45, 2.75) is 6.61 Å². The van der Waals surface area contributed by atoms with E-state index in [1.54, 1.807) is 18.2 Å². The summed E-state index contributed by atoms with van der Waals surface area (Å²) in [5, 5.41) is 23.5. The molecule has 0 saturated carbocycles. The van der Waals surface area contributed by atoms with Crippen molar-refractivity contribution < 1.29 is 19.2 Å². The lowest BCUT2D eigenvalue weighted by atomic mass is 10.1. The van der Waals surface area contributed by atoms with Crippen molar-refractivity contribution in [2.24, 2.45) is 0 Å². The molecule has 0 radical (unpaired) electrons. The van der Waals surface area contributed by atoms with Gasteiger partial charge in [-0.05, 0) is 51.8 Å². The second-order valence-corrected chi connectivity index (χ2v) is 8.11. The van der Waals surface area contributed by atoms with Crippen LogP contribution in [0.2, 0.25) is 5.02 Å². The van der Waals surface area contributed by atoms with Crippen LogP contribution in [0.1, 0.15) is 11.1 Å². The van der Waals surface area contributed by atoms with E-state index in [4.69, 9.17) is 21.1 Å². The third kappa shape index (κ3) is 6.13. The average Bonchev–Trinajstić information content (AvgIpc) is 2.82. The highest BCUT2D eigenvalue weighted by Gasteiger charge is 2.15. The Kier molecular flexibility index (Phi) is 8.24. The summed E-state index contributed by atoms with van der Waals surface area (Å²) in [5.74, 6) is 0.0975. The zero-order chi connectivity index (χ0) is 24.7. The van der Waals surface area contributed by atoms with Gasteiger partial charge in [0.2, 0.25) is 0 Å². The van der Waals surface area contributed by atoms with Gasteiger partial charge in [0.25, 0.3) is 11.6 Å². The highest BCUT2D eigenvalue weighted by Crippen LogP contribution is 2.38. The molecular formula is C24H17BrClN3O5. The summed E-state index contributed by atoms with van der Waals surface area (Å²) in [5.41, 5.74) is 1.11. The molecule has 3 aromatic rings. The molecule has 0 bridgehead atoms. The number of carbonyl (C=O) groups excluding carboxylic acids is 1. The van der Waals surface area contributed by atoms with Crippen LogP contribution in [0.15, 0.2) is 70.7 Å². The Morgan fingerprint density at radius 1 is 1.24 bits per heavy atom. The number of halogens is 2. The first-order chi connectivity index (χ1) is 16.3. The predicted octanol–water partition coefficient (Wildman–Crippen LogP) is 6.14. The third-order valence-corrected chi connectivity index (χ3v) is 5.53. The number of hydrogen-bond acceptors (Lipinski definition) is 6. The van der Waals surface area contributed by atoms with Crippen molar-refractivity contribution in [3.8, 4) is 17.6 Å². The molecule has 172 valence electrons. The largest absolute Gasteiger partial charge is 0.493 e. The summed E-state index contributed by atoms with van der Waals surface area (Å²) < 4.78 is 11.9. The molecule has 0 saturated heterocycles. The van der Waals surface area contributed by atoms with Gasteiger partial charge in [0.1, 0.15) is 18.2 Å².